The van der Waals surface area contributed by atoms with Crippen molar-refractivity contribution in [3.63, 3.8) is 0 Å². The van der Waals surface area contributed by atoms with Crippen LogP contribution in [0, 0.1) is 11.3 Å². The summed E-state index contributed by atoms with van der Waals surface area (Å²) in [6.45, 7) is 1.35. The Morgan fingerprint density at radius 1 is 1.11 bits per heavy atom. The second kappa shape index (κ2) is 8.82. The summed E-state index contributed by atoms with van der Waals surface area (Å²) in [5.41, 5.74) is 2.66. The van der Waals surface area contributed by atoms with Gasteiger partial charge in [0.1, 0.15) is 0 Å². The predicted molar refractivity (Wildman–Crippen MR) is 102 cm³/mol. The fourth-order valence-electron chi connectivity index (χ4n) is 2.96. The van der Waals surface area contributed by atoms with E-state index in [1.807, 2.05) is 6.07 Å². The van der Waals surface area contributed by atoms with E-state index < -0.39 is 0 Å². The van der Waals surface area contributed by atoms with Crippen molar-refractivity contribution in [2.24, 2.45) is 0 Å². The molecular formula is C21H20N4O3. The minimum Gasteiger partial charge on any atom is -0.353 e. The molecule has 0 atom stereocenters. The number of carbonyl (C=O) groups excluding carboxylic acids is 3. The second-order valence-corrected chi connectivity index (χ2v) is 6.49. The maximum Gasteiger partial charge on any atom is 0.254 e. The Morgan fingerprint density at radius 3 is 2.61 bits per heavy atom. The van der Waals surface area contributed by atoms with Crippen LogP contribution < -0.4 is 10.6 Å². The van der Waals surface area contributed by atoms with Crippen LogP contribution in [0.4, 0.5) is 0 Å². The molecule has 0 saturated carbocycles. The topological polar surface area (TPSA) is 102 Å². The maximum atomic E-state index is 12.4. The molecule has 2 N–H and O–H groups in total. The van der Waals surface area contributed by atoms with Crippen molar-refractivity contribution in [2.75, 3.05) is 19.6 Å². The number of benzene rings is 2. The van der Waals surface area contributed by atoms with Gasteiger partial charge in [-0.2, -0.15) is 5.26 Å². The number of hydrogen-bond acceptors (Lipinski definition) is 4. The van der Waals surface area contributed by atoms with Crippen LogP contribution in [-0.4, -0.2) is 42.3 Å². The molecular weight excluding hydrogens is 356 g/mol. The number of piperazine rings is 1. The van der Waals surface area contributed by atoms with Crippen LogP contribution in [0.5, 0.6) is 0 Å². The molecule has 2 aromatic carbocycles. The molecule has 7 nitrogen and oxygen atoms in total. The van der Waals surface area contributed by atoms with Gasteiger partial charge in [0.2, 0.25) is 5.91 Å². The zero-order chi connectivity index (χ0) is 19.9. The molecule has 1 aliphatic heterocycles. The zero-order valence-electron chi connectivity index (χ0n) is 15.3. The summed E-state index contributed by atoms with van der Waals surface area (Å²) in [5.74, 6) is -0.559. The summed E-state index contributed by atoms with van der Waals surface area (Å²) >= 11 is 0. The van der Waals surface area contributed by atoms with Gasteiger partial charge in [0.15, 0.2) is 0 Å². The highest BCUT2D eigenvalue weighted by molar-refractivity contribution is 5.97. The van der Waals surface area contributed by atoms with Crippen LogP contribution in [-0.2, 0) is 17.8 Å². The van der Waals surface area contributed by atoms with Crippen molar-refractivity contribution in [1.82, 2.24) is 15.5 Å². The highest BCUT2D eigenvalue weighted by Gasteiger charge is 2.22. The number of nitrogens with zero attached hydrogens (tertiary/aromatic N) is 2. The molecule has 0 spiro atoms. The van der Waals surface area contributed by atoms with E-state index in [2.05, 4.69) is 16.7 Å². The number of nitrogens with one attached hydrogen (secondary N) is 2. The van der Waals surface area contributed by atoms with E-state index in [9.17, 15) is 14.4 Å². The first-order valence-electron chi connectivity index (χ1n) is 8.96. The van der Waals surface area contributed by atoms with Crippen LogP contribution in [0.1, 0.15) is 31.8 Å². The molecule has 7 heteroatoms. The third-order valence-corrected chi connectivity index (χ3v) is 4.45. The molecule has 0 unspecified atom stereocenters. The number of amides is 3. The first kappa shape index (κ1) is 19.1. The Kier molecular flexibility index (Phi) is 6.02. The standard InChI is InChI=1S/C21H20N4O3/c22-9-8-15-2-1-3-18(12-15)20(27)24-13-16-4-6-17(7-5-16)21(28)25-11-10-23-19(26)14-25/h1-7,12H,8,10-11,13-14H2,(H,23,26)(H,24,27). The highest BCUT2D eigenvalue weighted by atomic mass is 16.2. The number of carbonyl (C=O) groups is 3. The van der Waals surface area contributed by atoms with Crippen molar-refractivity contribution >= 4 is 17.7 Å². The van der Waals surface area contributed by atoms with E-state index in [0.717, 1.165) is 11.1 Å². The minimum atomic E-state index is -0.223. The van der Waals surface area contributed by atoms with Crippen LogP contribution in [0.3, 0.4) is 0 Å². The first-order chi connectivity index (χ1) is 13.6. The SMILES string of the molecule is N#CCc1cccc(C(=O)NCc2ccc(C(=O)N3CCNC(=O)C3)cc2)c1. The second-order valence-electron chi connectivity index (χ2n) is 6.49. The molecule has 0 bridgehead atoms. The Morgan fingerprint density at radius 2 is 1.89 bits per heavy atom. The summed E-state index contributed by atoms with van der Waals surface area (Å²) in [7, 11) is 0. The van der Waals surface area contributed by atoms with Crippen LogP contribution in [0.2, 0.25) is 0 Å². The van der Waals surface area contributed by atoms with E-state index in [0.29, 0.717) is 30.8 Å². The molecule has 1 fully saturated rings. The molecule has 2 aromatic rings. The lowest BCUT2D eigenvalue weighted by molar-refractivity contribution is -0.123. The molecule has 3 rings (SSSR count). The van der Waals surface area contributed by atoms with E-state index in [1.54, 1.807) is 42.5 Å². The highest BCUT2D eigenvalue weighted by Crippen LogP contribution is 2.10. The van der Waals surface area contributed by atoms with Gasteiger partial charge in [0.05, 0.1) is 19.0 Å². The van der Waals surface area contributed by atoms with Gasteiger partial charge in [-0.15, -0.1) is 0 Å². The number of hydrogen-bond donors (Lipinski definition) is 2. The van der Waals surface area contributed by atoms with E-state index in [4.69, 9.17) is 5.26 Å². The average molecular weight is 376 g/mol. The maximum absolute atomic E-state index is 12.4. The molecule has 1 heterocycles. The van der Waals surface area contributed by atoms with Gasteiger partial charge in [0, 0.05) is 30.8 Å². The fourth-order valence-corrected chi connectivity index (χ4v) is 2.96. The van der Waals surface area contributed by atoms with E-state index in [1.165, 1.54) is 4.90 Å². The third-order valence-electron chi connectivity index (χ3n) is 4.45. The zero-order valence-corrected chi connectivity index (χ0v) is 15.3. The summed E-state index contributed by atoms with van der Waals surface area (Å²) in [5, 5.41) is 14.3. The Labute approximate surface area is 163 Å². The number of rotatable bonds is 5. The van der Waals surface area contributed by atoms with Crippen molar-refractivity contribution in [2.45, 2.75) is 13.0 Å². The van der Waals surface area contributed by atoms with Gasteiger partial charge >= 0.3 is 0 Å². The molecule has 3 amide bonds. The largest absolute Gasteiger partial charge is 0.353 e. The van der Waals surface area contributed by atoms with Crippen molar-refractivity contribution in [3.8, 4) is 6.07 Å². The molecule has 0 aliphatic carbocycles. The molecule has 1 aliphatic rings. The summed E-state index contributed by atoms with van der Waals surface area (Å²) in [6.07, 6.45) is 0.259. The first-order valence-corrected chi connectivity index (χ1v) is 8.96. The normalized spacial score (nSPS) is 13.4. The van der Waals surface area contributed by atoms with E-state index >= 15 is 0 Å². The van der Waals surface area contributed by atoms with Gasteiger partial charge in [-0.3, -0.25) is 14.4 Å². The molecule has 0 aromatic heterocycles. The lowest BCUT2D eigenvalue weighted by Gasteiger charge is -2.26. The van der Waals surface area contributed by atoms with Gasteiger partial charge in [-0.1, -0.05) is 24.3 Å². The molecule has 0 radical (unpaired) electrons. The van der Waals surface area contributed by atoms with Crippen molar-refractivity contribution < 1.29 is 14.4 Å². The van der Waals surface area contributed by atoms with Gasteiger partial charge < -0.3 is 15.5 Å². The Bertz CT molecular complexity index is 931. The van der Waals surface area contributed by atoms with Gasteiger partial charge in [0.25, 0.3) is 11.8 Å². The smallest absolute Gasteiger partial charge is 0.254 e. The predicted octanol–water partition coefficient (Wildman–Crippen LogP) is 1.25. The molecule has 1 saturated heterocycles. The monoisotopic (exact) mass is 376 g/mol. The Balaban J connectivity index is 1.58. The lowest BCUT2D eigenvalue weighted by Crippen LogP contribution is -2.49. The summed E-state index contributed by atoms with van der Waals surface area (Å²) in [6, 6.07) is 16.0. The van der Waals surface area contributed by atoms with Crippen molar-refractivity contribution in [3.05, 3.63) is 70.8 Å². The lowest BCUT2D eigenvalue weighted by atomic mass is 10.1. The van der Waals surface area contributed by atoms with Crippen LogP contribution in [0.25, 0.3) is 0 Å². The van der Waals surface area contributed by atoms with Gasteiger partial charge in [-0.25, -0.2) is 0 Å². The Hall–Kier alpha value is -3.66. The van der Waals surface area contributed by atoms with Crippen LogP contribution in [0.15, 0.2) is 48.5 Å². The van der Waals surface area contributed by atoms with Crippen molar-refractivity contribution in [1.29, 1.82) is 5.26 Å². The summed E-state index contributed by atoms with van der Waals surface area (Å²) in [4.78, 5) is 37.7. The van der Waals surface area contributed by atoms with Gasteiger partial charge in [-0.05, 0) is 35.4 Å². The molecule has 142 valence electrons. The number of nitriles is 1. The average Bonchev–Trinajstić information content (AvgIpc) is 2.72. The quantitative estimate of drug-likeness (QED) is 0.820. The third kappa shape index (κ3) is 4.74. The van der Waals surface area contributed by atoms with Crippen LogP contribution >= 0.6 is 0 Å². The minimum absolute atomic E-state index is 0.0709. The van der Waals surface area contributed by atoms with E-state index in [-0.39, 0.29) is 30.7 Å². The molecule has 28 heavy (non-hydrogen) atoms. The fraction of sp³-hybridized carbons (Fsp3) is 0.238. The summed E-state index contributed by atoms with van der Waals surface area (Å²) < 4.78 is 0.